The summed E-state index contributed by atoms with van der Waals surface area (Å²) in [4.78, 5) is 17.1. The quantitative estimate of drug-likeness (QED) is 0.728. The number of methoxy groups -OCH3 is 1. The number of carbonyl (C=O) groups excluding carboxylic acids is 1. The summed E-state index contributed by atoms with van der Waals surface area (Å²) in [5.41, 5.74) is 0.796. The molecule has 1 aliphatic rings. The zero-order chi connectivity index (χ0) is 18.3. The molecule has 0 saturated heterocycles. The minimum absolute atomic E-state index is 0.0900. The number of nitrogens with one attached hydrogen (secondary N) is 1. The highest BCUT2D eigenvalue weighted by molar-refractivity contribution is 5.97. The lowest BCUT2D eigenvalue weighted by molar-refractivity contribution is -0.143. The van der Waals surface area contributed by atoms with Gasteiger partial charge in [0.05, 0.1) is 18.5 Å². The summed E-state index contributed by atoms with van der Waals surface area (Å²) in [6.07, 6.45) is 5.28. The van der Waals surface area contributed by atoms with E-state index in [9.17, 15) is 4.79 Å². The lowest BCUT2D eigenvalue weighted by Gasteiger charge is -2.37. The molecular weight excluding hydrogens is 320 g/mol. The Morgan fingerprint density at radius 1 is 1.44 bits per heavy atom. The molecule has 1 fully saturated rings. The Morgan fingerprint density at radius 2 is 2.24 bits per heavy atom. The van der Waals surface area contributed by atoms with E-state index in [1.165, 1.54) is 0 Å². The van der Waals surface area contributed by atoms with Crippen molar-refractivity contribution >= 4 is 11.6 Å². The summed E-state index contributed by atoms with van der Waals surface area (Å²) in [6.45, 7) is 7.68. The maximum Gasteiger partial charge on any atom is 0.256 e. The van der Waals surface area contributed by atoms with Gasteiger partial charge in [0.1, 0.15) is 12.2 Å². The fourth-order valence-electron chi connectivity index (χ4n) is 3.36. The second-order valence-electron chi connectivity index (χ2n) is 6.75. The SMILES string of the molecule is CCOCCOc1ncc(NC(=O)[C@]2(OC)CCC[C@H](C)C2)cc1C. The van der Waals surface area contributed by atoms with Crippen LogP contribution in [0.2, 0.25) is 0 Å². The van der Waals surface area contributed by atoms with Crippen molar-refractivity contribution < 1.29 is 19.0 Å². The topological polar surface area (TPSA) is 69.7 Å². The third-order valence-corrected chi connectivity index (χ3v) is 4.72. The van der Waals surface area contributed by atoms with Crippen LogP contribution in [0.25, 0.3) is 0 Å². The molecule has 25 heavy (non-hydrogen) atoms. The Labute approximate surface area is 150 Å². The van der Waals surface area contributed by atoms with Crippen molar-refractivity contribution in [1.82, 2.24) is 4.98 Å². The number of pyridine rings is 1. The van der Waals surface area contributed by atoms with E-state index in [1.54, 1.807) is 13.3 Å². The second-order valence-corrected chi connectivity index (χ2v) is 6.75. The average Bonchev–Trinajstić information content (AvgIpc) is 2.60. The number of hydrogen-bond acceptors (Lipinski definition) is 5. The van der Waals surface area contributed by atoms with Crippen molar-refractivity contribution in [3.05, 3.63) is 17.8 Å². The van der Waals surface area contributed by atoms with E-state index in [0.717, 1.165) is 31.2 Å². The Hall–Kier alpha value is -1.66. The summed E-state index contributed by atoms with van der Waals surface area (Å²) in [5, 5.41) is 2.96. The molecule has 0 unspecified atom stereocenters. The lowest BCUT2D eigenvalue weighted by atomic mass is 9.78. The van der Waals surface area contributed by atoms with Crippen LogP contribution in [0.4, 0.5) is 5.69 Å². The number of nitrogens with zero attached hydrogens (tertiary/aromatic N) is 1. The average molecular weight is 350 g/mol. The molecule has 0 aliphatic heterocycles. The fourth-order valence-corrected chi connectivity index (χ4v) is 3.36. The summed E-state index contributed by atoms with van der Waals surface area (Å²) in [5.74, 6) is 0.957. The van der Waals surface area contributed by atoms with E-state index in [-0.39, 0.29) is 5.91 Å². The standard InChI is InChI=1S/C19H30N2O4/c1-5-24-9-10-25-17-15(3)11-16(13-20-17)21-18(22)19(23-4)8-6-7-14(2)12-19/h11,13-14H,5-10,12H2,1-4H3,(H,21,22)/t14-,19-/m0/s1. The van der Waals surface area contributed by atoms with Gasteiger partial charge in [-0.1, -0.05) is 13.3 Å². The minimum atomic E-state index is -0.738. The van der Waals surface area contributed by atoms with Gasteiger partial charge in [0.15, 0.2) is 0 Å². The molecule has 6 heteroatoms. The zero-order valence-electron chi connectivity index (χ0n) is 15.8. The van der Waals surface area contributed by atoms with Crippen LogP contribution >= 0.6 is 0 Å². The van der Waals surface area contributed by atoms with Crippen molar-refractivity contribution in [3.8, 4) is 5.88 Å². The van der Waals surface area contributed by atoms with Gasteiger partial charge in [-0.05, 0) is 45.1 Å². The van der Waals surface area contributed by atoms with Gasteiger partial charge in [-0.25, -0.2) is 4.98 Å². The molecule has 0 bridgehead atoms. The Balaban J connectivity index is 1.99. The first kappa shape index (κ1) is 19.7. The first-order chi connectivity index (χ1) is 12.0. The van der Waals surface area contributed by atoms with Gasteiger partial charge in [-0.3, -0.25) is 4.79 Å². The number of rotatable bonds is 8. The highest BCUT2D eigenvalue weighted by atomic mass is 16.5. The normalized spacial score (nSPS) is 23.3. The molecule has 0 spiro atoms. The Morgan fingerprint density at radius 3 is 2.88 bits per heavy atom. The van der Waals surface area contributed by atoms with Gasteiger partial charge in [0.2, 0.25) is 5.88 Å². The fraction of sp³-hybridized carbons (Fsp3) is 0.684. The van der Waals surface area contributed by atoms with Crippen LogP contribution in [0.5, 0.6) is 5.88 Å². The predicted octanol–water partition coefficient (Wildman–Crippen LogP) is 3.34. The van der Waals surface area contributed by atoms with E-state index >= 15 is 0 Å². The number of aryl methyl sites for hydroxylation is 1. The van der Waals surface area contributed by atoms with Crippen LogP contribution in [0, 0.1) is 12.8 Å². The van der Waals surface area contributed by atoms with Crippen LogP contribution in [-0.4, -0.2) is 43.4 Å². The van der Waals surface area contributed by atoms with E-state index in [1.807, 2.05) is 19.9 Å². The molecule has 1 aliphatic carbocycles. The molecule has 1 amide bonds. The summed E-state index contributed by atoms with van der Waals surface area (Å²) in [6, 6.07) is 1.87. The molecule has 1 aromatic rings. The number of hydrogen-bond donors (Lipinski definition) is 1. The van der Waals surface area contributed by atoms with Gasteiger partial charge in [0.25, 0.3) is 5.91 Å². The lowest BCUT2D eigenvalue weighted by Crippen LogP contribution is -2.47. The highest BCUT2D eigenvalue weighted by Gasteiger charge is 2.42. The van der Waals surface area contributed by atoms with Crippen molar-refractivity contribution in [2.75, 3.05) is 32.2 Å². The van der Waals surface area contributed by atoms with Crippen LogP contribution in [-0.2, 0) is 14.3 Å². The Bertz CT molecular complexity index is 579. The van der Waals surface area contributed by atoms with Gasteiger partial charge < -0.3 is 19.5 Å². The molecule has 2 atom stereocenters. The Kier molecular flexibility index (Phi) is 7.20. The maximum absolute atomic E-state index is 12.8. The van der Waals surface area contributed by atoms with Crippen molar-refractivity contribution in [2.45, 2.75) is 52.1 Å². The number of carbonyl (C=O) groups is 1. The molecule has 1 N–H and O–H groups in total. The molecule has 1 saturated carbocycles. The van der Waals surface area contributed by atoms with E-state index in [2.05, 4.69) is 17.2 Å². The van der Waals surface area contributed by atoms with Gasteiger partial charge in [0, 0.05) is 19.3 Å². The molecule has 6 nitrogen and oxygen atoms in total. The monoisotopic (exact) mass is 350 g/mol. The van der Waals surface area contributed by atoms with Crippen LogP contribution < -0.4 is 10.1 Å². The smallest absolute Gasteiger partial charge is 0.256 e. The third-order valence-electron chi connectivity index (χ3n) is 4.72. The number of anilines is 1. The van der Waals surface area contributed by atoms with Crippen molar-refractivity contribution in [3.63, 3.8) is 0 Å². The maximum atomic E-state index is 12.8. The zero-order valence-corrected chi connectivity index (χ0v) is 15.8. The predicted molar refractivity (Wildman–Crippen MR) is 97.0 cm³/mol. The van der Waals surface area contributed by atoms with Gasteiger partial charge in [-0.15, -0.1) is 0 Å². The van der Waals surface area contributed by atoms with E-state index < -0.39 is 5.60 Å². The van der Waals surface area contributed by atoms with Gasteiger partial charge in [-0.2, -0.15) is 0 Å². The number of ether oxygens (including phenoxy) is 3. The third kappa shape index (κ3) is 5.16. The minimum Gasteiger partial charge on any atom is -0.475 e. The van der Waals surface area contributed by atoms with Gasteiger partial charge >= 0.3 is 0 Å². The van der Waals surface area contributed by atoms with Crippen LogP contribution in [0.15, 0.2) is 12.3 Å². The molecular formula is C19H30N2O4. The molecule has 1 heterocycles. The summed E-state index contributed by atoms with van der Waals surface area (Å²) >= 11 is 0. The molecule has 0 aromatic carbocycles. The largest absolute Gasteiger partial charge is 0.475 e. The van der Waals surface area contributed by atoms with Crippen LogP contribution in [0.1, 0.15) is 45.1 Å². The highest BCUT2D eigenvalue weighted by Crippen LogP contribution is 2.35. The summed E-state index contributed by atoms with van der Waals surface area (Å²) < 4.78 is 16.5. The van der Waals surface area contributed by atoms with Crippen molar-refractivity contribution in [1.29, 1.82) is 0 Å². The molecule has 0 radical (unpaired) electrons. The van der Waals surface area contributed by atoms with E-state index in [4.69, 9.17) is 14.2 Å². The summed E-state index contributed by atoms with van der Waals surface area (Å²) in [7, 11) is 1.62. The molecule has 2 rings (SSSR count). The number of amides is 1. The van der Waals surface area contributed by atoms with Crippen molar-refractivity contribution in [2.24, 2.45) is 5.92 Å². The van der Waals surface area contributed by atoms with Crippen LogP contribution in [0.3, 0.4) is 0 Å². The first-order valence-corrected chi connectivity index (χ1v) is 9.04. The molecule has 140 valence electrons. The second kappa shape index (κ2) is 9.15. The first-order valence-electron chi connectivity index (χ1n) is 9.04. The van der Waals surface area contributed by atoms with E-state index in [0.29, 0.717) is 37.3 Å². The molecule has 1 aromatic heterocycles. The number of aromatic nitrogens is 1.